The number of aromatic nitrogens is 2. The van der Waals surface area contributed by atoms with Gasteiger partial charge in [0.15, 0.2) is 0 Å². The lowest BCUT2D eigenvalue weighted by atomic mass is 9.58. The van der Waals surface area contributed by atoms with E-state index in [4.69, 9.17) is 0 Å². The topological polar surface area (TPSA) is 40.7 Å². The molecule has 1 spiro atoms. The Morgan fingerprint density at radius 2 is 2.06 bits per heavy atom. The minimum absolute atomic E-state index is 0.462. The molecule has 0 aromatic carbocycles. The normalized spacial score (nSPS) is 23.5. The molecule has 3 nitrogen and oxygen atoms in total. The quantitative estimate of drug-likeness (QED) is 0.836. The Bertz CT molecular complexity index is 412. The Kier molecular flexibility index (Phi) is 2.26. The first kappa shape index (κ1) is 11.1. The third-order valence-corrected chi connectivity index (χ3v) is 3.86. The van der Waals surface area contributed by atoms with Crippen molar-refractivity contribution in [1.29, 1.82) is 0 Å². The average molecular weight is 245 g/mol. The average Bonchev–Trinajstić information content (AvgIpc) is 2.54. The molecule has 2 aliphatic rings. The van der Waals surface area contributed by atoms with Gasteiger partial charge in [0, 0.05) is 19.5 Å². The molecule has 2 N–H and O–H groups in total. The van der Waals surface area contributed by atoms with Crippen molar-refractivity contribution in [2.45, 2.75) is 25.4 Å². The Labute approximate surface area is 96.8 Å². The van der Waals surface area contributed by atoms with Crippen molar-refractivity contribution in [1.82, 2.24) is 15.3 Å². The van der Waals surface area contributed by atoms with Gasteiger partial charge in [-0.3, -0.25) is 0 Å². The lowest BCUT2D eigenvalue weighted by Crippen LogP contribution is -2.60. The van der Waals surface area contributed by atoms with Crippen molar-refractivity contribution >= 4 is 0 Å². The van der Waals surface area contributed by atoms with Gasteiger partial charge in [-0.25, -0.2) is 4.98 Å². The summed E-state index contributed by atoms with van der Waals surface area (Å²) in [5, 5.41) is 3.24. The van der Waals surface area contributed by atoms with E-state index in [1.165, 1.54) is 0 Å². The number of alkyl halides is 3. The smallest absolute Gasteiger partial charge is 0.338 e. The van der Waals surface area contributed by atoms with Crippen LogP contribution in [0.2, 0.25) is 0 Å². The highest BCUT2D eigenvalue weighted by molar-refractivity contribution is 5.09. The number of nitrogens with zero attached hydrogens (tertiary/aromatic N) is 1. The summed E-state index contributed by atoms with van der Waals surface area (Å²) < 4.78 is 37.0. The standard InChI is InChI=1S/C11H14F3N3/c12-11(13,14)8-4-16-9(17-8)1-7-2-10(3-7)5-15-6-10/h4,7,15H,1-3,5-6H2,(H,16,17). The Morgan fingerprint density at radius 3 is 2.53 bits per heavy atom. The summed E-state index contributed by atoms with van der Waals surface area (Å²) in [5.41, 5.74) is -0.281. The zero-order valence-electron chi connectivity index (χ0n) is 9.27. The van der Waals surface area contributed by atoms with Gasteiger partial charge in [0.25, 0.3) is 0 Å². The largest absolute Gasteiger partial charge is 0.432 e. The Morgan fingerprint density at radius 1 is 1.35 bits per heavy atom. The number of halogens is 3. The number of aromatic amines is 1. The van der Waals surface area contributed by atoms with E-state index in [2.05, 4.69) is 15.3 Å². The first-order valence-electron chi connectivity index (χ1n) is 5.79. The minimum atomic E-state index is -4.32. The van der Waals surface area contributed by atoms with Crippen molar-refractivity contribution < 1.29 is 13.2 Å². The van der Waals surface area contributed by atoms with Crippen LogP contribution in [-0.4, -0.2) is 23.1 Å². The predicted octanol–water partition coefficient (Wildman–Crippen LogP) is 1.97. The summed E-state index contributed by atoms with van der Waals surface area (Å²) in [6.45, 7) is 2.13. The van der Waals surface area contributed by atoms with Crippen LogP contribution in [0.25, 0.3) is 0 Å². The molecule has 6 heteroatoms. The number of hydrogen-bond acceptors (Lipinski definition) is 2. The van der Waals surface area contributed by atoms with Crippen molar-refractivity contribution in [3.05, 3.63) is 17.7 Å². The van der Waals surface area contributed by atoms with E-state index in [0.717, 1.165) is 32.1 Å². The molecule has 1 aliphatic heterocycles. The summed E-state index contributed by atoms with van der Waals surface area (Å²) in [6, 6.07) is 0. The van der Waals surface area contributed by atoms with E-state index in [9.17, 15) is 13.2 Å². The lowest BCUT2D eigenvalue weighted by Gasteiger charge is -2.54. The van der Waals surface area contributed by atoms with Gasteiger partial charge in [-0.1, -0.05) is 0 Å². The van der Waals surface area contributed by atoms with Gasteiger partial charge in [0.2, 0.25) is 0 Å². The van der Waals surface area contributed by atoms with Gasteiger partial charge in [0.05, 0.1) is 6.20 Å². The highest BCUT2D eigenvalue weighted by Crippen LogP contribution is 2.49. The first-order chi connectivity index (χ1) is 7.97. The predicted molar refractivity (Wildman–Crippen MR) is 55.3 cm³/mol. The zero-order chi connectivity index (χ0) is 12.1. The maximum atomic E-state index is 12.3. The second-order valence-electron chi connectivity index (χ2n) is 5.32. The summed E-state index contributed by atoms with van der Waals surface area (Å²) >= 11 is 0. The van der Waals surface area contributed by atoms with Crippen LogP contribution in [0, 0.1) is 11.3 Å². The molecule has 2 heterocycles. The summed E-state index contributed by atoms with van der Waals surface area (Å²) in [4.78, 5) is 6.17. The van der Waals surface area contributed by atoms with E-state index in [0.29, 0.717) is 23.6 Å². The molecule has 0 atom stereocenters. The maximum absolute atomic E-state index is 12.3. The Hall–Kier alpha value is -1.04. The monoisotopic (exact) mass is 245 g/mol. The summed E-state index contributed by atoms with van der Waals surface area (Å²) in [7, 11) is 0. The van der Waals surface area contributed by atoms with E-state index < -0.39 is 11.9 Å². The van der Waals surface area contributed by atoms with Crippen LogP contribution in [0.5, 0.6) is 0 Å². The zero-order valence-corrected chi connectivity index (χ0v) is 9.27. The van der Waals surface area contributed by atoms with Crippen LogP contribution < -0.4 is 5.32 Å². The van der Waals surface area contributed by atoms with Gasteiger partial charge < -0.3 is 10.3 Å². The molecule has 0 radical (unpaired) electrons. The SMILES string of the molecule is FC(F)(F)c1cnc(CC2CC3(CNC3)C2)[nH]1. The first-order valence-corrected chi connectivity index (χ1v) is 5.79. The fourth-order valence-electron chi connectivity index (χ4n) is 2.96. The van der Waals surface area contributed by atoms with E-state index in [-0.39, 0.29) is 0 Å². The van der Waals surface area contributed by atoms with Gasteiger partial charge in [-0.05, 0) is 24.2 Å². The van der Waals surface area contributed by atoms with Crippen molar-refractivity contribution in [2.75, 3.05) is 13.1 Å². The second kappa shape index (κ2) is 3.48. The second-order valence-corrected chi connectivity index (χ2v) is 5.32. The van der Waals surface area contributed by atoms with E-state index >= 15 is 0 Å². The lowest BCUT2D eigenvalue weighted by molar-refractivity contribution is -0.141. The van der Waals surface area contributed by atoms with Crippen molar-refractivity contribution in [3.8, 4) is 0 Å². The number of nitrogens with one attached hydrogen (secondary N) is 2. The van der Waals surface area contributed by atoms with Crippen LogP contribution in [-0.2, 0) is 12.6 Å². The molecule has 1 aliphatic carbocycles. The highest BCUT2D eigenvalue weighted by atomic mass is 19.4. The molecule has 0 amide bonds. The molecular formula is C11H14F3N3. The highest BCUT2D eigenvalue weighted by Gasteiger charge is 2.48. The maximum Gasteiger partial charge on any atom is 0.432 e. The molecule has 0 bridgehead atoms. The van der Waals surface area contributed by atoms with Crippen molar-refractivity contribution in [2.24, 2.45) is 11.3 Å². The summed E-state index contributed by atoms with van der Waals surface area (Å²) in [5.74, 6) is 0.953. The number of hydrogen-bond donors (Lipinski definition) is 2. The van der Waals surface area contributed by atoms with Gasteiger partial charge in [-0.2, -0.15) is 13.2 Å². The fourth-order valence-corrected chi connectivity index (χ4v) is 2.96. The van der Waals surface area contributed by atoms with E-state index in [1.807, 2.05) is 0 Å². The number of rotatable bonds is 2. The molecule has 1 aromatic heterocycles. The molecule has 0 unspecified atom stereocenters. The summed E-state index contributed by atoms with van der Waals surface area (Å²) in [6.07, 6.45) is -0.569. The molecule has 1 saturated heterocycles. The van der Waals surface area contributed by atoms with Gasteiger partial charge in [-0.15, -0.1) is 0 Å². The number of imidazole rings is 1. The van der Waals surface area contributed by atoms with Crippen molar-refractivity contribution in [3.63, 3.8) is 0 Å². The molecule has 2 fully saturated rings. The molecule has 1 saturated carbocycles. The third-order valence-electron chi connectivity index (χ3n) is 3.86. The molecule has 3 rings (SSSR count). The van der Waals surface area contributed by atoms with Crippen LogP contribution >= 0.6 is 0 Å². The van der Waals surface area contributed by atoms with E-state index in [1.54, 1.807) is 0 Å². The van der Waals surface area contributed by atoms with Crippen LogP contribution in [0.1, 0.15) is 24.4 Å². The van der Waals surface area contributed by atoms with Crippen LogP contribution in [0.15, 0.2) is 6.20 Å². The van der Waals surface area contributed by atoms with Gasteiger partial charge >= 0.3 is 6.18 Å². The minimum Gasteiger partial charge on any atom is -0.338 e. The third kappa shape index (κ3) is 1.94. The molecule has 1 aromatic rings. The Balaban J connectivity index is 1.57. The van der Waals surface area contributed by atoms with Crippen LogP contribution in [0.4, 0.5) is 13.2 Å². The fraction of sp³-hybridized carbons (Fsp3) is 0.727. The molecule has 94 valence electrons. The molecule has 17 heavy (non-hydrogen) atoms. The van der Waals surface area contributed by atoms with Crippen LogP contribution in [0.3, 0.4) is 0 Å². The number of H-pyrrole nitrogens is 1. The molecular weight excluding hydrogens is 231 g/mol. The van der Waals surface area contributed by atoms with Gasteiger partial charge in [0.1, 0.15) is 11.5 Å².